The molecule has 1 N–H and O–H groups in total. The average molecular weight is 663 g/mol. The molecule has 0 amide bonds. The zero-order valence-corrected chi connectivity index (χ0v) is 27.9. The Morgan fingerprint density at radius 3 is 1.31 bits per heavy atom. The van der Waals surface area contributed by atoms with Gasteiger partial charge in [-0.05, 0) is 90.3 Å². The zero-order valence-electron chi connectivity index (χ0n) is 27.1. The van der Waals surface area contributed by atoms with E-state index in [1.165, 1.54) is 0 Å². The molecule has 0 saturated carbocycles. The Kier molecular flexibility index (Phi) is 11.1. The van der Waals surface area contributed by atoms with E-state index >= 15 is 0 Å². The van der Waals surface area contributed by atoms with Crippen LogP contribution in [0.25, 0.3) is 0 Å². The number of rotatable bonds is 9. The Hall–Kier alpha value is -5.81. The SMILES string of the molecule is COc1ccc(Oc2cccc(Oc3ccc(C(C)(C)c4ccc(Oc5cccc(C)c5C#N)cc4)cc3)c2C#N)cc1.CS(=O)(=O)O. The Morgan fingerprint density at radius 1 is 0.604 bits per heavy atom. The summed E-state index contributed by atoms with van der Waals surface area (Å²) in [6.45, 7) is 6.20. The summed E-state index contributed by atoms with van der Waals surface area (Å²) in [4.78, 5) is 0. The fourth-order valence-corrected chi connectivity index (χ4v) is 4.73. The number of methoxy groups -OCH3 is 1. The van der Waals surface area contributed by atoms with Crippen LogP contribution in [0.3, 0.4) is 0 Å². The van der Waals surface area contributed by atoms with Gasteiger partial charge in [0.2, 0.25) is 0 Å². The van der Waals surface area contributed by atoms with Crippen molar-refractivity contribution < 1.29 is 31.9 Å². The van der Waals surface area contributed by atoms with Gasteiger partial charge in [-0.2, -0.15) is 18.9 Å². The van der Waals surface area contributed by atoms with E-state index in [0.29, 0.717) is 51.9 Å². The monoisotopic (exact) mass is 662 g/mol. The predicted molar refractivity (Wildman–Crippen MR) is 183 cm³/mol. The quantitative estimate of drug-likeness (QED) is 0.153. The summed E-state index contributed by atoms with van der Waals surface area (Å²) < 4.78 is 49.2. The van der Waals surface area contributed by atoms with Crippen molar-refractivity contribution in [3.05, 3.63) is 137 Å². The van der Waals surface area contributed by atoms with Gasteiger partial charge in [0.05, 0.1) is 18.9 Å². The van der Waals surface area contributed by atoms with Gasteiger partial charge in [-0.3, -0.25) is 4.55 Å². The summed E-state index contributed by atoms with van der Waals surface area (Å²) >= 11 is 0. The molecule has 10 heteroatoms. The molecule has 5 aromatic rings. The molecular formula is C38H34N2O7S. The largest absolute Gasteiger partial charge is 0.497 e. The molecule has 0 atom stereocenters. The van der Waals surface area contributed by atoms with Gasteiger partial charge in [0.15, 0.2) is 0 Å². The Bertz CT molecular complexity index is 2050. The number of hydrogen-bond donors (Lipinski definition) is 1. The zero-order chi connectivity index (χ0) is 34.9. The number of nitriles is 2. The summed E-state index contributed by atoms with van der Waals surface area (Å²) in [5.74, 6) is 3.93. The molecular weight excluding hydrogens is 628 g/mol. The first-order chi connectivity index (χ1) is 22.8. The fraction of sp³-hybridized carbons (Fsp3) is 0.158. The molecule has 0 unspecified atom stereocenters. The van der Waals surface area contributed by atoms with Crippen LogP contribution in [0.1, 0.15) is 41.7 Å². The van der Waals surface area contributed by atoms with Gasteiger partial charge in [0, 0.05) is 5.41 Å². The van der Waals surface area contributed by atoms with Gasteiger partial charge in [-0.1, -0.05) is 56.3 Å². The summed E-state index contributed by atoms with van der Waals surface area (Å²) in [6.07, 6.45) is 0.715. The van der Waals surface area contributed by atoms with Crippen LogP contribution >= 0.6 is 0 Å². The van der Waals surface area contributed by atoms with Crippen LogP contribution in [0.4, 0.5) is 0 Å². The van der Waals surface area contributed by atoms with E-state index in [1.807, 2.05) is 67.6 Å². The minimum absolute atomic E-state index is 0.303. The van der Waals surface area contributed by atoms with Crippen LogP contribution in [0.5, 0.6) is 40.2 Å². The molecule has 0 spiro atoms. The second-order valence-corrected chi connectivity index (χ2v) is 12.7. The van der Waals surface area contributed by atoms with Crippen LogP contribution in [0.15, 0.2) is 109 Å². The van der Waals surface area contributed by atoms with E-state index < -0.39 is 10.1 Å². The standard InChI is InChI=1S/C37H30N2O4.CH4O3S/c1-25-7-5-8-34(32(25)23-38)41-29-15-11-26(12-16-29)37(2,3)27-13-17-30(18-14-27)42-35-9-6-10-36(33(35)24-39)43-31-21-19-28(40-4)20-22-31;1-5(2,3)4/h5-22H,1-4H3;1H3,(H,2,3,4). The van der Waals surface area contributed by atoms with Crippen LogP contribution in [-0.4, -0.2) is 26.3 Å². The Labute approximate surface area is 280 Å². The maximum absolute atomic E-state index is 9.90. The normalized spacial score (nSPS) is 10.8. The summed E-state index contributed by atoms with van der Waals surface area (Å²) in [6, 6.07) is 38.2. The van der Waals surface area contributed by atoms with E-state index in [2.05, 4.69) is 26.0 Å². The lowest BCUT2D eigenvalue weighted by atomic mass is 9.78. The first-order valence-corrected chi connectivity index (χ1v) is 16.5. The summed E-state index contributed by atoms with van der Waals surface area (Å²) in [5.41, 5.74) is 3.61. The second kappa shape index (κ2) is 15.2. The third-order valence-electron chi connectivity index (χ3n) is 7.34. The number of nitrogens with zero attached hydrogens (tertiary/aromatic N) is 2. The molecule has 5 aromatic carbocycles. The first-order valence-electron chi connectivity index (χ1n) is 14.7. The molecule has 0 aliphatic carbocycles. The molecule has 0 aliphatic heterocycles. The number of hydrogen-bond acceptors (Lipinski definition) is 8. The molecule has 0 heterocycles. The van der Waals surface area contributed by atoms with Crippen LogP contribution < -0.4 is 18.9 Å². The summed E-state index contributed by atoms with van der Waals surface area (Å²) in [5, 5.41) is 19.4. The van der Waals surface area contributed by atoms with E-state index in [4.69, 9.17) is 23.5 Å². The van der Waals surface area contributed by atoms with Crippen molar-refractivity contribution >= 4 is 10.1 Å². The Morgan fingerprint density at radius 2 is 0.938 bits per heavy atom. The number of ether oxygens (including phenoxy) is 4. The number of benzene rings is 5. The Balaban J connectivity index is 0.000000968. The topological polar surface area (TPSA) is 139 Å². The summed E-state index contributed by atoms with van der Waals surface area (Å²) in [7, 11) is -2.06. The molecule has 0 saturated heterocycles. The molecule has 0 fully saturated rings. The van der Waals surface area contributed by atoms with Gasteiger partial charge in [0.1, 0.15) is 57.9 Å². The minimum atomic E-state index is -3.67. The van der Waals surface area contributed by atoms with Crippen molar-refractivity contribution in [1.82, 2.24) is 0 Å². The van der Waals surface area contributed by atoms with Crippen LogP contribution in [-0.2, 0) is 15.5 Å². The fourth-order valence-electron chi connectivity index (χ4n) is 4.73. The van der Waals surface area contributed by atoms with Crippen molar-refractivity contribution in [2.75, 3.05) is 13.4 Å². The average Bonchev–Trinajstić information content (AvgIpc) is 3.05. The lowest BCUT2D eigenvalue weighted by Crippen LogP contribution is -2.18. The lowest BCUT2D eigenvalue weighted by molar-refractivity contribution is 0.412. The van der Waals surface area contributed by atoms with Crippen LogP contribution in [0.2, 0.25) is 0 Å². The lowest BCUT2D eigenvalue weighted by Gasteiger charge is -2.26. The van der Waals surface area contributed by atoms with E-state index in [0.717, 1.165) is 22.4 Å². The van der Waals surface area contributed by atoms with Crippen LogP contribution in [0, 0.1) is 29.6 Å². The van der Waals surface area contributed by atoms with E-state index in [9.17, 15) is 18.9 Å². The maximum atomic E-state index is 9.90. The third kappa shape index (κ3) is 9.14. The first kappa shape index (κ1) is 35.1. The van der Waals surface area contributed by atoms with Crippen molar-refractivity contribution in [3.8, 4) is 52.4 Å². The van der Waals surface area contributed by atoms with Gasteiger partial charge in [0.25, 0.3) is 10.1 Å². The smallest absolute Gasteiger partial charge is 0.261 e. The molecule has 0 aromatic heterocycles. The predicted octanol–water partition coefficient (Wildman–Crippen LogP) is 8.95. The molecule has 0 aliphatic rings. The highest BCUT2D eigenvalue weighted by atomic mass is 32.2. The van der Waals surface area contributed by atoms with E-state index in [-0.39, 0.29) is 5.41 Å². The van der Waals surface area contributed by atoms with Gasteiger partial charge < -0.3 is 18.9 Å². The highest BCUT2D eigenvalue weighted by Gasteiger charge is 2.23. The van der Waals surface area contributed by atoms with Gasteiger partial charge in [-0.25, -0.2) is 0 Å². The third-order valence-corrected chi connectivity index (χ3v) is 7.34. The van der Waals surface area contributed by atoms with Crippen molar-refractivity contribution in [3.63, 3.8) is 0 Å². The van der Waals surface area contributed by atoms with Crippen molar-refractivity contribution in [1.29, 1.82) is 10.5 Å². The van der Waals surface area contributed by atoms with Gasteiger partial charge in [-0.15, -0.1) is 0 Å². The molecule has 5 rings (SSSR count). The second-order valence-electron chi connectivity index (χ2n) is 11.2. The molecule has 9 nitrogen and oxygen atoms in total. The number of aryl methyl sites for hydroxylation is 1. The highest BCUT2D eigenvalue weighted by molar-refractivity contribution is 7.85. The highest BCUT2D eigenvalue weighted by Crippen LogP contribution is 2.37. The maximum Gasteiger partial charge on any atom is 0.261 e. The van der Waals surface area contributed by atoms with Gasteiger partial charge >= 0.3 is 0 Å². The molecule has 0 bridgehead atoms. The minimum Gasteiger partial charge on any atom is -0.497 e. The van der Waals surface area contributed by atoms with E-state index in [1.54, 1.807) is 55.6 Å². The molecule has 244 valence electrons. The molecule has 48 heavy (non-hydrogen) atoms. The van der Waals surface area contributed by atoms with Crippen molar-refractivity contribution in [2.24, 2.45) is 0 Å². The molecule has 0 radical (unpaired) electrons. The van der Waals surface area contributed by atoms with Crippen molar-refractivity contribution in [2.45, 2.75) is 26.2 Å².